The summed E-state index contributed by atoms with van der Waals surface area (Å²) in [6, 6.07) is 13.4. The third-order valence-corrected chi connectivity index (χ3v) is 5.82. The van der Waals surface area contributed by atoms with Crippen molar-refractivity contribution >= 4 is 39.0 Å². The lowest BCUT2D eigenvalue weighted by atomic mass is 10.0. The van der Waals surface area contributed by atoms with Gasteiger partial charge in [-0.05, 0) is 31.0 Å². The number of nitrogens with zero attached hydrogens (tertiary/aromatic N) is 2. The van der Waals surface area contributed by atoms with Crippen molar-refractivity contribution in [1.29, 1.82) is 0 Å². The summed E-state index contributed by atoms with van der Waals surface area (Å²) in [4.78, 5) is 23.0. The summed E-state index contributed by atoms with van der Waals surface area (Å²) in [5.74, 6) is -1.48. The maximum Gasteiger partial charge on any atom is 0.224 e. The zero-order valence-electron chi connectivity index (χ0n) is 16.8. The molecule has 0 aliphatic carbocycles. The predicted molar refractivity (Wildman–Crippen MR) is 120 cm³/mol. The first-order chi connectivity index (χ1) is 15.0. The molecule has 0 aliphatic rings. The molecule has 2 N–H and O–H groups in total. The van der Waals surface area contributed by atoms with Crippen LogP contribution in [-0.4, -0.2) is 22.4 Å². The van der Waals surface area contributed by atoms with Crippen molar-refractivity contribution in [3.63, 3.8) is 0 Å². The van der Waals surface area contributed by atoms with Crippen molar-refractivity contribution in [2.24, 2.45) is 0 Å². The topological polar surface area (TPSA) is 66.9 Å². The number of benzene rings is 2. The van der Waals surface area contributed by atoms with Gasteiger partial charge in [-0.3, -0.25) is 4.79 Å². The Hall–Kier alpha value is -3.39. The Morgan fingerprint density at radius 2 is 1.87 bits per heavy atom. The first-order valence-electron chi connectivity index (χ1n) is 9.81. The van der Waals surface area contributed by atoms with Crippen LogP contribution in [0.1, 0.15) is 17.7 Å². The van der Waals surface area contributed by atoms with E-state index in [2.05, 4.69) is 39.7 Å². The molecule has 2 heterocycles. The third kappa shape index (κ3) is 4.69. The molecule has 0 bridgehead atoms. The summed E-state index contributed by atoms with van der Waals surface area (Å²) in [6.45, 7) is 2.60. The van der Waals surface area contributed by atoms with E-state index in [4.69, 9.17) is 0 Å². The van der Waals surface area contributed by atoms with Gasteiger partial charge < -0.3 is 10.6 Å². The van der Waals surface area contributed by atoms with Gasteiger partial charge in [0.25, 0.3) is 0 Å². The van der Waals surface area contributed by atoms with Crippen LogP contribution >= 0.6 is 11.3 Å². The van der Waals surface area contributed by atoms with Gasteiger partial charge in [0.2, 0.25) is 5.91 Å². The van der Waals surface area contributed by atoms with Crippen LogP contribution in [-0.2, 0) is 4.79 Å². The van der Waals surface area contributed by atoms with Gasteiger partial charge in [-0.15, -0.1) is 11.3 Å². The molecular formula is C23H20F2N4OS. The van der Waals surface area contributed by atoms with Crippen molar-refractivity contribution in [1.82, 2.24) is 9.97 Å². The van der Waals surface area contributed by atoms with E-state index < -0.39 is 11.6 Å². The largest absolute Gasteiger partial charge is 0.369 e. The molecule has 2 aromatic heterocycles. The number of carbonyl (C=O) groups is 1. The summed E-state index contributed by atoms with van der Waals surface area (Å²) in [5.41, 5.74) is 2.45. The zero-order valence-corrected chi connectivity index (χ0v) is 17.6. The zero-order chi connectivity index (χ0) is 21.8. The Morgan fingerprint density at radius 1 is 1.06 bits per heavy atom. The highest BCUT2D eigenvalue weighted by Crippen LogP contribution is 2.40. The monoisotopic (exact) mass is 438 g/mol. The van der Waals surface area contributed by atoms with Gasteiger partial charge in [0.1, 0.15) is 17.0 Å². The lowest BCUT2D eigenvalue weighted by Gasteiger charge is -2.09. The summed E-state index contributed by atoms with van der Waals surface area (Å²) in [6.07, 6.45) is 2.31. The number of anilines is 2. The van der Waals surface area contributed by atoms with Crippen LogP contribution in [0.25, 0.3) is 21.3 Å². The minimum atomic E-state index is -0.993. The molecule has 0 saturated heterocycles. The van der Waals surface area contributed by atoms with Gasteiger partial charge in [-0.25, -0.2) is 18.7 Å². The highest BCUT2D eigenvalue weighted by Gasteiger charge is 2.16. The number of carbonyl (C=O) groups excluding carboxylic acids is 1. The summed E-state index contributed by atoms with van der Waals surface area (Å²) in [5, 5.41) is 6.86. The Labute approximate surface area is 182 Å². The van der Waals surface area contributed by atoms with E-state index in [1.54, 1.807) is 11.3 Å². The van der Waals surface area contributed by atoms with Gasteiger partial charge in [0.15, 0.2) is 11.6 Å². The minimum Gasteiger partial charge on any atom is -0.369 e. The number of halogens is 2. The van der Waals surface area contributed by atoms with E-state index >= 15 is 0 Å². The first kappa shape index (κ1) is 20.9. The Kier molecular flexibility index (Phi) is 6.18. The highest BCUT2D eigenvalue weighted by atomic mass is 32.1. The van der Waals surface area contributed by atoms with Gasteiger partial charge in [-0.1, -0.05) is 30.3 Å². The predicted octanol–water partition coefficient (Wildman–Crippen LogP) is 5.78. The number of fused-ring (bicyclic) bond motifs is 1. The molecule has 0 spiro atoms. The second kappa shape index (κ2) is 9.18. The van der Waals surface area contributed by atoms with E-state index in [-0.39, 0.29) is 18.0 Å². The molecule has 0 aliphatic heterocycles. The Bertz CT molecular complexity index is 1230. The number of thiophene rings is 1. The molecule has 31 heavy (non-hydrogen) atoms. The number of rotatable bonds is 7. The quantitative estimate of drug-likeness (QED) is 0.359. The van der Waals surface area contributed by atoms with E-state index in [1.807, 2.05) is 18.2 Å². The number of amides is 1. The Morgan fingerprint density at radius 3 is 2.65 bits per heavy atom. The van der Waals surface area contributed by atoms with Crippen molar-refractivity contribution in [3.8, 4) is 11.1 Å². The average Bonchev–Trinajstić information content (AvgIpc) is 3.11. The summed E-state index contributed by atoms with van der Waals surface area (Å²) >= 11 is 1.62. The summed E-state index contributed by atoms with van der Waals surface area (Å²) in [7, 11) is 0. The maximum absolute atomic E-state index is 13.3. The fraction of sp³-hybridized carbons (Fsp3) is 0.174. The molecule has 0 atom stereocenters. The SMILES string of the molecule is Cc1sc2ncnc(NCCCC(=O)Nc3ccc(F)c(F)c3)c2c1-c1ccccc1. The van der Waals surface area contributed by atoms with E-state index in [0.29, 0.717) is 13.0 Å². The second-order valence-electron chi connectivity index (χ2n) is 7.01. The molecule has 1 amide bonds. The normalized spacial score (nSPS) is 10.9. The van der Waals surface area contributed by atoms with Crippen LogP contribution in [0, 0.1) is 18.6 Å². The van der Waals surface area contributed by atoms with E-state index in [9.17, 15) is 13.6 Å². The van der Waals surface area contributed by atoms with Crippen molar-refractivity contribution in [2.75, 3.05) is 17.2 Å². The number of hydrogen-bond donors (Lipinski definition) is 2. The van der Waals surface area contributed by atoms with Crippen LogP contribution in [0.4, 0.5) is 20.3 Å². The van der Waals surface area contributed by atoms with Gasteiger partial charge >= 0.3 is 0 Å². The number of nitrogens with one attached hydrogen (secondary N) is 2. The van der Waals surface area contributed by atoms with Gasteiger partial charge in [0, 0.05) is 35.2 Å². The molecule has 5 nitrogen and oxygen atoms in total. The van der Waals surface area contributed by atoms with Gasteiger partial charge in [-0.2, -0.15) is 0 Å². The molecule has 2 aromatic carbocycles. The minimum absolute atomic E-state index is 0.231. The molecule has 0 radical (unpaired) electrons. The molecule has 8 heteroatoms. The Balaban J connectivity index is 1.41. The number of hydrogen-bond acceptors (Lipinski definition) is 5. The lowest BCUT2D eigenvalue weighted by molar-refractivity contribution is -0.116. The molecule has 4 rings (SSSR count). The van der Waals surface area contributed by atoms with Crippen LogP contribution in [0.15, 0.2) is 54.9 Å². The molecular weight excluding hydrogens is 418 g/mol. The molecule has 0 saturated carbocycles. The molecule has 0 fully saturated rings. The van der Waals surface area contributed by atoms with Crippen molar-refractivity contribution < 1.29 is 13.6 Å². The molecule has 4 aromatic rings. The third-order valence-electron chi connectivity index (χ3n) is 4.80. The smallest absolute Gasteiger partial charge is 0.224 e. The van der Waals surface area contributed by atoms with E-state index in [1.165, 1.54) is 12.4 Å². The fourth-order valence-electron chi connectivity index (χ4n) is 3.38. The van der Waals surface area contributed by atoms with E-state index in [0.717, 1.165) is 44.2 Å². The van der Waals surface area contributed by atoms with Crippen LogP contribution in [0.3, 0.4) is 0 Å². The van der Waals surface area contributed by atoms with Crippen molar-refractivity contribution in [2.45, 2.75) is 19.8 Å². The molecule has 158 valence electrons. The molecule has 0 unspecified atom stereocenters. The van der Waals surface area contributed by atoms with Crippen molar-refractivity contribution in [3.05, 3.63) is 71.4 Å². The van der Waals surface area contributed by atoms with Crippen LogP contribution in [0.5, 0.6) is 0 Å². The highest BCUT2D eigenvalue weighted by molar-refractivity contribution is 7.19. The average molecular weight is 439 g/mol. The lowest BCUT2D eigenvalue weighted by Crippen LogP contribution is -2.14. The standard InChI is InChI=1S/C23H20F2N4OS/c1-14-20(15-6-3-2-4-7-15)21-22(27-13-28-23(21)31-14)26-11-5-8-19(30)29-16-9-10-17(24)18(25)12-16/h2-4,6-7,9-10,12-13H,5,8,11H2,1H3,(H,29,30)(H,26,27,28). The first-order valence-corrected chi connectivity index (χ1v) is 10.6. The van der Waals surface area contributed by atoms with Crippen LogP contribution < -0.4 is 10.6 Å². The summed E-state index contributed by atoms with van der Waals surface area (Å²) < 4.78 is 26.3. The number of aryl methyl sites for hydroxylation is 1. The van der Waals surface area contributed by atoms with Gasteiger partial charge in [0.05, 0.1) is 5.39 Å². The maximum atomic E-state index is 13.3. The fourth-order valence-corrected chi connectivity index (χ4v) is 4.40. The second-order valence-corrected chi connectivity index (χ2v) is 8.21. The van der Waals surface area contributed by atoms with Crippen LogP contribution in [0.2, 0.25) is 0 Å². The number of aromatic nitrogens is 2.